The first-order valence-electron chi connectivity index (χ1n) is 8.23. The van der Waals surface area contributed by atoms with Gasteiger partial charge in [-0.3, -0.25) is 4.79 Å². The molecule has 1 saturated heterocycles. The lowest BCUT2D eigenvalue weighted by Crippen LogP contribution is -2.33. The van der Waals surface area contributed by atoms with Gasteiger partial charge in [0.05, 0.1) is 6.04 Å². The van der Waals surface area contributed by atoms with Crippen LogP contribution in [0.3, 0.4) is 0 Å². The van der Waals surface area contributed by atoms with Gasteiger partial charge in [0.15, 0.2) is 11.5 Å². The van der Waals surface area contributed by atoms with Gasteiger partial charge in [-0.2, -0.15) is 5.26 Å². The van der Waals surface area contributed by atoms with Crippen LogP contribution < -0.4 is 9.47 Å². The molecule has 8 heteroatoms. The van der Waals surface area contributed by atoms with E-state index in [0.717, 1.165) is 29.9 Å². The molecule has 0 unspecified atom stereocenters. The lowest BCUT2D eigenvalue weighted by atomic mass is 10.0. The SMILES string of the molecule is N#Cc1ncn(CC(=O)N2CCC[C@H]2c2ccc3c(c2)OCCO3)n1. The summed E-state index contributed by atoms with van der Waals surface area (Å²) in [6.07, 6.45) is 3.27. The molecule has 1 atom stereocenters. The Labute approximate surface area is 144 Å². The van der Waals surface area contributed by atoms with E-state index in [-0.39, 0.29) is 24.3 Å². The molecule has 8 nitrogen and oxygen atoms in total. The molecule has 4 rings (SSSR count). The summed E-state index contributed by atoms with van der Waals surface area (Å²) in [7, 11) is 0. The van der Waals surface area contributed by atoms with Gasteiger partial charge in [-0.25, -0.2) is 9.67 Å². The molecule has 0 bridgehead atoms. The van der Waals surface area contributed by atoms with E-state index in [1.165, 1.54) is 11.0 Å². The van der Waals surface area contributed by atoms with Crippen molar-refractivity contribution in [3.05, 3.63) is 35.9 Å². The van der Waals surface area contributed by atoms with Crippen LogP contribution in [0.25, 0.3) is 0 Å². The van der Waals surface area contributed by atoms with E-state index in [1.54, 1.807) is 0 Å². The zero-order chi connectivity index (χ0) is 17.2. The van der Waals surface area contributed by atoms with Crippen LogP contribution in [-0.4, -0.2) is 45.3 Å². The quantitative estimate of drug-likeness (QED) is 0.836. The van der Waals surface area contributed by atoms with Gasteiger partial charge in [-0.05, 0) is 30.5 Å². The third-order valence-corrected chi connectivity index (χ3v) is 4.46. The molecule has 1 amide bonds. The molecule has 3 heterocycles. The molecule has 0 aliphatic carbocycles. The molecular formula is C17H17N5O3. The second-order valence-electron chi connectivity index (χ2n) is 6.03. The van der Waals surface area contributed by atoms with Crippen molar-refractivity contribution in [2.75, 3.05) is 19.8 Å². The topological polar surface area (TPSA) is 93.3 Å². The third-order valence-electron chi connectivity index (χ3n) is 4.46. The third kappa shape index (κ3) is 3.01. The highest BCUT2D eigenvalue weighted by Gasteiger charge is 2.31. The molecule has 25 heavy (non-hydrogen) atoms. The zero-order valence-electron chi connectivity index (χ0n) is 13.6. The number of hydrogen-bond acceptors (Lipinski definition) is 6. The lowest BCUT2D eigenvalue weighted by Gasteiger charge is -2.26. The first kappa shape index (κ1) is 15.4. The number of benzene rings is 1. The van der Waals surface area contributed by atoms with Crippen molar-refractivity contribution in [1.82, 2.24) is 19.7 Å². The highest BCUT2D eigenvalue weighted by Crippen LogP contribution is 2.38. The van der Waals surface area contributed by atoms with Crippen LogP contribution in [0.5, 0.6) is 11.5 Å². The first-order chi connectivity index (χ1) is 12.2. The number of carbonyl (C=O) groups is 1. The molecule has 0 radical (unpaired) electrons. The van der Waals surface area contributed by atoms with Crippen molar-refractivity contribution in [3.8, 4) is 17.6 Å². The van der Waals surface area contributed by atoms with Gasteiger partial charge in [0.25, 0.3) is 5.82 Å². The monoisotopic (exact) mass is 339 g/mol. The fraction of sp³-hybridized carbons (Fsp3) is 0.412. The average Bonchev–Trinajstić information content (AvgIpc) is 3.30. The van der Waals surface area contributed by atoms with Gasteiger partial charge in [0.2, 0.25) is 5.91 Å². The number of likely N-dealkylation sites (tertiary alicyclic amines) is 1. The smallest absolute Gasteiger partial charge is 0.252 e. The Morgan fingerprint density at radius 2 is 2.16 bits per heavy atom. The largest absolute Gasteiger partial charge is 0.486 e. The summed E-state index contributed by atoms with van der Waals surface area (Å²) in [5, 5.41) is 12.7. The van der Waals surface area contributed by atoms with Gasteiger partial charge in [-0.1, -0.05) is 6.07 Å². The summed E-state index contributed by atoms with van der Waals surface area (Å²) in [6, 6.07) is 7.74. The molecule has 1 aromatic carbocycles. The maximum Gasteiger partial charge on any atom is 0.252 e. The Morgan fingerprint density at radius 1 is 1.32 bits per heavy atom. The first-order valence-corrected chi connectivity index (χ1v) is 8.23. The summed E-state index contributed by atoms with van der Waals surface area (Å²) in [4.78, 5) is 18.4. The van der Waals surface area contributed by atoms with Crippen molar-refractivity contribution in [3.63, 3.8) is 0 Å². The molecular weight excluding hydrogens is 322 g/mol. The standard InChI is InChI=1S/C17H17N5O3/c18-9-16-19-11-21(20-16)10-17(23)22-5-1-2-13(22)12-3-4-14-15(8-12)25-7-6-24-14/h3-4,8,11,13H,1-2,5-7,10H2/t13-/m0/s1. The number of nitriles is 1. The number of amides is 1. The van der Waals surface area contributed by atoms with E-state index in [9.17, 15) is 4.79 Å². The minimum Gasteiger partial charge on any atom is -0.486 e. The summed E-state index contributed by atoms with van der Waals surface area (Å²) in [6.45, 7) is 1.88. The number of ether oxygens (including phenoxy) is 2. The van der Waals surface area contributed by atoms with Crippen LogP contribution in [0.2, 0.25) is 0 Å². The fourth-order valence-corrected chi connectivity index (χ4v) is 3.33. The minimum atomic E-state index is -0.0354. The molecule has 2 aliphatic rings. The van der Waals surface area contributed by atoms with Gasteiger partial charge >= 0.3 is 0 Å². The van der Waals surface area contributed by atoms with Crippen LogP contribution in [0.1, 0.15) is 30.3 Å². The summed E-state index contributed by atoms with van der Waals surface area (Å²) < 4.78 is 12.6. The predicted molar refractivity (Wildman–Crippen MR) is 85.9 cm³/mol. The van der Waals surface area contributed by atoms with Gasteiger partial charge in [0.1, 0.15) is 32.2 Å². The Balaban J connectivity index is 1.52. The summed E-state index contributed by atoms with van der Waals surface area (Å²) in [5.74, 6) is 1.51. The molecule has 2 aromatic rings. The molecule has 128 valence electrons. The number of fused-ring (bicyclic) bond motifs is 1. The number of carbonyl (C=O) groups excluding carboxylic acids is 1. The predicted octanol–water partition coefficient (Wildman–Crippen LogP) is 1.28. The van der Waals surface area contributed by atoms with Crippen LogP contribution in [0.4, 0.5) is 0 Å². The zero-order valence-corrected chi connectivity index (χ0v) is 13.6. The van der Waals surface area contributed by atoms with Crippen molar-refractivity contribution in [2.45, 2.75) is 25.4 Å². The van der Waals surface area contributed by atoms with Crippen molar-refractivity contribution in [2.24, 2.45) is 0 Å². The Morgan fingerprint density at radius 3 is 2.96 bits per heavy atom. The number of hydrogen-bond donors (Lipinski definition) is 0. The van der Waals surface area contributed by atoms with E-state index in [4.69, 9.17) is 14.7 Å². The van der Waals surface area contributed by atoms with E-state index >= 15 is 0 Å². The van der Waals surface area contributed by atoms with Gasteiger partial charge in [-0.15, -0.1) is 5.10 Å². The van der Waals surface area contributed by atoms with E-state index < -0.39 is 0 Å². The molecule has 0 spiro atoms. The second kappa shape index (κ2) is 6.43. The van der Waals surface area contributed by atoms with Crippen molar-refractivity contribution >= 4 is 5.91 Å². The Hall–Kier alpha value is -3.08. The normalized spacial score (nSPS) is 18.8. The van der Waals surface area contributed by atoms with Crippen molar-refractivity contribution in [1.29, 1.82) is 5.26 Å². The summed E-state index contributed by atoms with van der Waals surface area (Å²) >= 11 is 0. The second-order valence-corrected chi connectivity index (χ2v) is 6.03. The maximum atomic E-state index is 12.7. The van der Waals surface area contributed by atoms with E-state index in [1.807, 2.05) is 29.2 Å². The van der Waals surface area contributed by atoms with Crippen LogP contribution in [0.15, 0.2) is 24.5 Å². The number of rotatable bonds is 3. The van der Waals surface area contributed by atoms with Crippen LogP contribution >= 0.6 is 0 Å². The Bertz CT molecular complexity index is 841. The fourth-order valence-electron chi connectivity index (χ4n) is 3.33. The highest BCUT2D eigenvalue weighted by atomic mass is 16.6. The van der Waals surface area contributed by atoms with E-state index in [2.05, 4.69) is 10.1 Å². The molecule has 0 N–H and O–H groups in total. The number of aromatic nitrogens is 3. The lowest BCUT2D eigenvalue weighted by molar-refractivity contribution is -0.133. The van der Waals surface area contributed by atoms with Crippen LogP contribution in [-0.2, 0) is 11.3 Å². The maximum absolute atomic E-state index is 12.7. The summed E-state index contributed by atoms with van der Waals surface area (Å²) in [5.41, 5.74) is 1.05. The highest BCUT2D eigenvalue weighted by molar-refractivity contribution is 5.76. The van der Waals surface area contributed by atoms with Crippen molar-refractivity contribution < 1.29 is 14.3 Å². The van der Waals surface area contributed by atoms with Gasteiger partial charge in [0, 0.05) is 6.54 Å². The molecule has 1 aromatic heterocycles. The molecule has 2 aliphatic heterocycles. The Kier molecular flexibility index (Phi) is 3.98. The molecule has 0 saturated carbocycles. The minimum absolute atomic E-state index is 0.0160. The average molecular weight is 339 g/mol. The number of nitrogens with zero attached hydrogens (tertiary/aromatic N) is 5. The van der Waals surface area contributed by atoms with Gasteiger partial charge < -0.3 is 14.4 Å². The van der Waals surface area contributed by atoms with Crippen LogP contribution in [0, 0.1) is 11.3 Å². The molecule has 1 fully saturated rings. The van der Waals surface area contributed by atoms with E-state index in [0.29, 0.717) is 19.8 Å².